The van der Waals surface area contributed by atoms with Crippen molar-refractivity contribution in [1.82, 2.24) is 5.43 Å². The summed E-state index contributed by atoms with van der Waals surface area (Å²) in [6, 6.07) is 5.92. The van der Waals surface area contributed by atoms with Crippen LogP contribution in [0.25, 0.3) is 0 Å². The molecule has 0 fully saturated rings. The van der Waals surface area contributed by atoms with Gasteiger partial charge in [-0.3, -0.25) is 14.9 Å². The molecule has 1 heterocycles. The summed E-state index contributed by atoms with van der Waals surface area (Å²) in [6.07, 6.45) is 1.24. The monoisotopic (exact) mass is 335 g/mol. The number of nitro benzene ring substituents is 1. The maximum Gasteiger partial charge on any atom is 0.315 e. The quantitative estimate of drug-likeness (QED) is 0.478. The highest BCUT2D eigenvalue weighted by Crippen LogP contribution is 2.36. The van der Waals surface area contributed by atoms with Crippen LogP contribution in [0.2, 0.25) is 0 Å². The third-order valence-corrected chi connectivity index (χ3v) is 3.57. The van der Waals surface area contributed by atoms with Crippen LogP contribution in [-0.4, -0.2) is 28.8 Å². The molecule has 0 aliphatic heterocycles. The maximum atomic E-state index is 11.7. The van der Waals surface area contributed by atoms with Crippen molar-refractivity contribution in [3.05, 3.63) is 50.2 Å². The number of carbonyl (C=O) groups is 1. The number of nitrogens with one attached hydrogen (secondary N) is 1. The van der Waals surface area contributed by atoms with Crippen molar-refractivity contribution in [1.29, 1.82) is 0 Å². The number of hydrogen-bond acceptors (Lipinski definition) is 7. The minimum Gasteiger partial charge on any atom is -0.500 e. The lowest BCUT2D eigenvalue weighted by Crippen LogP contribution is -2.16. The largest absolute Gasteiger partial charge is 0.500 e. The van der Waals surface area contributed by atoms with Gasteiger partial charge in [0.1, 0.15) is 0 Å². The van der Waals surface area contributed by atoms with Crippen molar-refractivity contribution in [2.75, 3.05) is 6.61 Å². The highest BCUT2D eigenvalue weighted by molar-refractivity contribution is 7.12. The lowest BCUT2D eigenvalue weighted by atomic mass is 10.2. The van der Waals surface area contributed by atoms with E-state index in [1.54, 1.807) is 24.4 Å². The fraction of sp³-hybridized carbons (Fsp3) is 0.143. The van der Waals surface area contributed by atoms with Crippen LogP contribution in [0.3, 0.4) is 0 Å². The molecule has 0 radical (unpaired) electrons. The van der Waals surface area contributed by atoms with Gasteiger partial charge in [0.2, 0.25) is 5.75 Å². The number of aromatic hydroxyl groups is 1. The molecule has 0 unspecified atom stereocenters. The predicted octanol–water partition coefficient (Wildman–Crippen LogP) is 2.52. The Morgan fingerprint density at radius 2 is 2.35 bits per heavy atom. The highest BCUT2D eigenvalue weighted by atomic mass is 32.1. The highest BCUT2D eigenvalue weighted by Gasteiger charge is 2.19. The van der Waals surface area contributed by atoms with Gasteiger partial charge >= 0.3 is 5.69 Å². The molecule has 2 aromatic rings. The van der Waals surface area contributed by atoms with E-state index < -0.39 is 16.4 Å². The number of rotatable bonds is 6. The molecule has 120 valence electrons. The summed E-state index contributed by atoms with van der Waals surface area (Å²) >= 11 is 1.27. The summed E-state index contributed by atoms with van der Waals surface area (Å²) < 4.78 is 5.15. The Morgan fingerprint density at radius 3 is 2.96 bits per heavy atom. The Bertz CT molecular complexity index is 743. The fourth-order valence-electron chi connectivity index (χ4n) is 1.72. The van der Waals surface area contributed by atoms with E-state index >= 15 is 0 Å². The van der Waals surface area contributed by atoms with E-state index in [0.29, 0.717) is 10.4 Å². The summed E-state index contributed by atoms with van der Waals surface area (Å²) in [6.45, 7) is 1.92. The van der Waals surface area contributed by atoms with Crippen LogP contribution in [0.1, 0.15) is 22.2 Å². The van der Waals surface area contributed by atoms with Gasteiger partial charge in [0.15, 0.2) is 5.75 Å². The molecular formula is C14H13N3O5S. The number of nitrogens with zero attached hydrogens (tertiary/aromatic N) is 2. The van der Waals surface area contributed by atoms with Gasteiger partial charge in [0, 0.05) is 11.6 Å². The van der Waals surface area contributed by atoms with Gasteiger partial charge in [-0.25, -0.2) is 5.43 Å². The molecule has 23 heavy (non-hydrogen) atoms. The topological polar surface area (TPSA) is 114 Å². The minimum atomic E-state index is -0.723. The van der Waals surface area contributed by atoms with E-state index in [4.69, 9.17) is 4.74 Å². The Labute approximate surface area is 135 Å². The zero-order valence-electron chi connectivity index (χ0n) is 12.1. The van der Waals surface area contributed by atoms with E-state index in [1.165, 1.54) is 23.6 Å². The van der Waals surface area contributed by atoms with Crippen molar-refractivity contribution in [2.24, 2.45) is 5.10 Å². The molecule has 8 nitrogen and oxygen atoms in total. The number of phenolic OH excluding ortho intramolecular Hbond substituents is 1. The number of hydrogen-bond donors (Lipinski definition) is 2. The van der Waals surface area contributed by atoms with E-state index in [2.05, 4.69) is 10.5 Å². The van der Waals surface area contributed by atoms with Gasteiger partial charge in [-0.15, -0.1) is 11.3 Å². The molecule has 1 amide bonds. The zero-order chi connectivity index (χ0) is 16.8. The smallest absolute Gasteiger partial charge is 0.315 e. The van der Waals surface area contributed by atoms with Gasteiger partial charge in [-0.1, -0.05) is 6.07 Å². The van der Waals surface area contributed by atoms with Gasteiger partial charge < -0.3 is 9.84 Å². The van der Waals surface area contributed by atoms with Crippen molar-refractivity contribution in [3.8, 4) is 11.5 Å². The standard InChI is InChI=1S/C14H13N3O5S/c1-2-22-11-7-9(6-10(13(11)18)17(20)21)8-15-16-14(19)12-4-3-5-23-12/h3-8,18H,2H2,1H3,(H,16,19). The second kappa shape index (κ2) is 7.36. The van der Waals surface area contributed by atoms with Gasteiger partial charge in [0.25, 0.3) is 5.91 Å². The Kier molecular flexibility index (Phi) is 5.26. The summed E-state index contributed by atoms with van der Waals surface area (Å²) in [5.74, 6) is -0.945. The predicted molar refractivity (Wildman–Crippen MR) is 85.3 cm³/mol. The molecule has 0 spiro atoms. The number of thiophene rings is 1. The molecule has 0 bridgehead atoms. The van der Waals surface area contributed by atoms with Crippen LogP contribution in [-0.2, 0) is 0 Å². The molecule has 1 aromatic carbocycles. The first-order valence-electron chi connectivity index (χ1n) is 6.54. The molecule has 0 saturated heterocycles. The summed E-state index contributed by atoms with van der Waals surface area (Å²) in [7, 11) is 0. The van der Waals surface area contributed by atoms with E-state index in [1.807, 2.05) is 0 Å². The zero-order valence-corrected chi connectivity index (χ0v) is 12.9. The average Bonchev–Trinajstić information content (AvgIpc) is 3.04. The van der Waals surface area contributed by atoms with Crippen LogP contribution in [0, 0.1) is 10.1 Å². The Balaban J connectivity index is 2.20. The first-order chi connectivity index (χ1) is 11.0. The number of nitro groups is 1. The lowest BCUT2D eigenvalue weighted by molar-refractivity contribution is -0.386. The number of amides is 1. The molecule has 0 atom stereocenters. The van der Waals surface area contributed by atoms with Crippen LogP contribution < -0.4 is 10.2 Å². The Morgan fingerprint density at radius 1 is 1.57 bits per heavy atom. The Hall–Kier alpha value is -2.94. The van der Waals surface area contributed by atoms with Crippen molar-refractivity contribution < 1.29 is 19.6 Å². The first kappa shape index (κ1) is 16.4. The normalized spacial score (nSPS) is 10.7. The second-order valence-electron chi connectivity index (χ2n) is 4.25. The number of ether oxygens (including phenoxy) is 1. The average molecular weight is 335 g/mol. The fourth-order valence-corrected chi connectivity index (χ4v) is 2.33. The number of phenols is 1. The molecule has 2 rings (SSSR count). The van der Waals surface area contributed by atoms with Crippen LogP contribution >= 0.6 is 11.3 Å². The third-order valence-electron chi connectivity index (χ3n) is 2.70. The van der Waals surface area contributed by atoms with E-state index in [9.17, 15) is 20.0 Å². The lowest BCUT2D eigenvalue weighted by Gasteiger charge is -2.07. The molecule has 2 N–H and O–H groups in total. The maximum absolute atomic E-state index is 11.7. The number of hydrazone groups is 1. The van der Waals surface area contributed by atoms with Crippen LogP contribution in [0.5, 0.6) is 11.5 Å². The minimum absolute atomic E-state index is 0.0206. The van der Waals surface area contributed by atoms with Crippen molar-refractivity contribution in [3.63, 3.8) is 0 Å². The molecular weight excluding hydrogens is 322 g/mol. The number of carbonyl (C=O) groups excluding carboxylic acids is 1. The van der Waals surface area contributed by atoms with Gasteiger partial charge in [0.05, 0.1) is 22.6 Å². The van der Waals surface area contributed by atoms with Crippen molar-refractivity contribution >= 4 is 29.1 Å². The molecule has 0 aliphatic carbocycles. The summed E-state index contributed by atoms with van der Waals surface area (Å²) in [5.41, 5.74) is 2.13. The van der Waals surface area contributed by atoms with Gasteiger partial charge in [-0.2, -0.15) is 5.10 Å². The van der Waals surface area contributed by atoms with Crippen LogP contribution in [0.15, 0.2) is 34.7 Å². The van der Waals surface area contributed by atoms with E-state index in [-0.39, 0.29) is 18.3 Å². The number of benzene rings is 1. The van der Waals surface area contributed by atoms with Crippen LogP contribution in [0.4, 0.5) is 5.69 Å². The summed E-state index contributed by atoms with van der Waals surface area (Å²) in [5, 5.41) is 26.2. The first-order valence-corrected chi connectivity index (χ1v) is 7.42. The third kappa shape index (κ3) is 4.04. The molecule has 0 aliphatic rings. The van der Waals surface area contributed by atoms with Crippen molar-refractivity contribution in [2.45, 2.75) is 6.92 Å². The van der Waals surface area contributed by atoms with E-state index in [0.717, 1.165) is 6.07 Å². The van der Waals surface area contributed by atoms with Gasteiger partial charge in [-0.05, 0) is 24.4 Å². The SMILES string of the molecule is CCOc1cc(C=NNC(=O)c2cccs2)cc([N+](=O)[O-])c1O. The molecule has 1 aromatic heterocycles. The molecule has 9 heteroatoms. The second-order valence-corrected chi connectivity index (χ2v) is 5.20. The summed E-state index contributed by atoms with van der Waals surface area (Å²) in [4.78, 5) is 22.4. The molecule has 0 saturated carbocycles.